The molecule has 1 aliphatic carbocycles. The first-order valence-corrected chi connectivity index (χ1v) is 7.59. The lowest BCUT2D eigenvalue weighted by Crippen LogP contribution is -1.95. The SMILES string of the molecule is Cc1ccc2cc(-c3cc(=S)nc(C4CC4)[nH]3)ccc2n1. The lowest BCUT2D eigenvalue weighted by Gasteiger charge is -2.07. The van der Waals surface area contributed by atoms with Crippen LogP contribution < -0.4 is 0 Å². The van der Waals surface area contributed by atoms with Crippen molar-refractivity contribution in [3.8, 4) is 11.3 Å². The van der Waals surface area contributed by atoms with E-state index in [1.54, 1.807) is 0 Å². The maximum atomic E-state index is 5.30. The summed E-state index contributed by atoms with van der Waals surface area (Å²) in [5.41, 5.74) is 4.23. The number of hydrogen-bond donors (Lipinski definition) is 1. The molecular weight excluding hydrogens is 278 g/mol. The number of benzene rings is 1. The molecule has 0 atom stereocenters. The van der Waals surface area contributed by atoms with Gasteiger partial charge in [0.25, 0.3) is 0 Å². The van der Waals surface area contributed by atoms with Gasteiger partial charge in [0.1, 0.15) is 10.5 Å². The summed E-state index contributed by atoms with van der Waals surface area (Å²) in [5.74, 6) is 1.59. The van der Waals surface area contributed by atoms with E-state index in [-0.39, 0.29) is 0 Å². The van der Waals surface area contributed by atoms with Gasteiger partial charge in [-0.15, -0.1) is 0 Å². The van der Waals surface area contributed by atoms with Gasteiger partial charge >= 0.3 is 0 Å². The Morgan fingerprint density at radius 3 is 2.76 bits per heavy atom. The number of nitrogens with zero attached hydrogens (tertiary/aromatic N) is 2. The van der Waals surface area contributed by atoms with Gasteiger partial charge in [-0.2, -0.15) is 0 Å². The largest absolute Gasteiger partial charge is 0.343 e. The second kappa shape index (κ2) is 4.74. The summed E-state index contributed by atoms with van der Waals surface area (Å²) >= 11 is 5.30. The molecule has 3 aromatic rings. The van der Waals surface area contributed by atoms with Crippen molar-refractivity contribution in [2.24, 2.45) is 0 Å². The molecule has 1 fully saturated rings. The van der Waals surface area contributed by atoms with Crippen LogP contribution in [0.5, 0.6) is 0 Å². The average Bonchev–Trinajstić information content (AvgIpc) is 3.30. The molecule has 2 aromatic heterocycles. The zero-order valence-electron chi connectivity index (χ0n) is 11.8. The molecule has 0 aliphatic heterocycles. The Balaban J connectivity index is 1.85. The predicted molar refractivity (Wildman–Crippen MR) is 86.9 cm³/mol. The molecule has 2 heterocycles. The molecular formula is C17H15N3S. The maximum absolute atomic E-state index is 5.30. The van der Waals surface area contributed by atoms with Crippen molar-refractivity contribution in [3.05, 3.63) is 52.6 Å². The topological polar surface area (TPSA) is 41.6 Å². The summed E-state index contributed by atoms with van der Waals surface area (Å²) in [6.07, 6.45) is 2.42. The molecule has 0 spiro atoms. The van der Waals surface area contributed by atoms with E-state index in [0.717, 1.165) is 33.7 Å². The van der Waals surface area contributed by atoms with Gasteiger partial charge in [0.2, 0.25) is 0 Å². The summed E-state index contributed by atoms with van der Waals surface area (Å²) in [7, 11) is 0. The summed E-state index contributed by atoms with van der Waals surface area (Å²) in [4.78, 5) is 12.4. The maximum Gasteiger partial charge on any atom is 0.130 e. The van der Waals surface area contributed by atoms with Crippen molar-refractivity contribution in [1.82, 2.24) is 15.0 Å². The van der Waals surface area contributed by atoms with Gasteiger partial charge in [0.05, 0.1) is 5.52 Å². The van der Waals surface area contributed by atoms with Gasteiger partial charge in [0.15, 0.2) is 0 Å². The van der Waals surface area contributed by atoms with E-state index >= 15 is 0 Å². The minimum Gasteiger partial charge on any atom is -0.343 e. The third kappa shape index (κ3) is 2.47. The van der Waals surface area contributed by atoms with Crippen LogP contribution in [0.2, 0.25) is 0 Å². The molecule has 0 amide bonds. The second-order valence-corrected chi connectivity index (χ2v) is 6.07. The average molecular weight is 293 g/mol. The van der Waals surface area contributed by atoms with Gasteiger partial charge in [0, 0.05) is 22.7 Å². The van der Waals surface area contributed by atoms with Crippen molar-refractivity contribution in [1.29, 1.82) is 0 Å². The Bertz CT molecular complexity index is 894. The summed E-state index contributed by atoms with van der Waals surface area (Å²) < 4.78 is 0.660. The highest BCUT2D eigenvalue weighted by Gasteiger charge is 2.26. The van der Waals surface area contributed by atoms with Crippen LogP contribution in [0.1, 0.15) is 30.3 Å². The molecule has 4 rings (SSSR count). The number of nitrogens with one attached hydrogen (secondary N) is 1. The Hall–Kier alpha value is -2.07. The molecule has 1 aliphatic rings. The van der Waals surface area contributed by atoms with Crippen LogP contribution in [0.3, 0.4) is 0 Å². The predicted octanol–water partition coefficient (Wildman–Crippen LogP) is 4.54. The van der Waals surface area contributed by atoms with Crippen LogP contribution in [0.25, 0.3) is 22.2 Å². The lowest BCUT2D eigenvalue weighted by atomic mass is 10.1. The van der Waals surface area contributed by atoms with Crippen molar-refractivity contribution in [3.63, 3.8) is 0 Å². The highest BCUT2D eigenvalue weighted by molar-refractivity contribution is 7.71. The molecule has 4 heteroatoms. The lowest BCUT2D eigenvalue weighted by molar-refractivity contribution is 0.924. The minimum atomic E-state index is 0.566. The third-order valence-corrected chi connectivity index (χ3v) is 4.07. The van der Waals surface area contributed by atoms with Gasteiger partial charge in [-0.25, -0.2) is 4.98 Å². The number of aromatic amines is 1. The number of rotatable bonds is 2. The monoisotopic (exact) mass is 293 g/mol. The fraction of sp³-hybridized carbons (Fsp3) is 0.235. The van der Waals surface area contributed by atoms with Crippen molar-refractivity contribution in [2.45, 2.75) is 25.7 Å². The first kappa shape index (κ1) is 12.7. The second-order valence-electron chi connectivity index (χ2n) is 5.65. The summed E-state index contributed by atoms with van der Waals surface area (Å²) in [5, 5.41) is 1.14. The summed E-state index contributed by atoms with van der Waals surface area (Å²) in [6, 6.07) is 12.4. The first-order valence-electron chi connectivity index (χ1n) is 7.18. The van der Waals surface area contributed by atoms with Crippen molar-refractivity contribution in [2.75, 3.05) is 0 Å². The molecule has 1 aromatic carbocycles. The molecule has 3 nitrogen and oxygen atoms in total. The third-order valence-electron chi connectivity index (χ3n) is 3.86. The Kier molecular flexibility index (Phi) is 2.86. The van der Waals surface area contributed by atoms with E-state index in [1.165, 1.54) is 12.8 Å². The van der Waals surface area contributed by atoms with E-state index < -0.39 is 0 Å². The van der Waals surface area contributed by atoms with E-state index in [9.17, 15) is 0 Å². The van der Waals surface area contributed by atoms with E-state index in [1.807, 2.05) is 19.1 Å². The zero-order valence-corrected chi connectivity index (χ0v) is 12.6. The highest BCUT2D eigenvalue weighted by Crippen LogP contribution is 2.38. The van der Waals surface area contributed by atoms with Crippen LogP contribution in [0.15, 0.2) is 36.4 Å². The van der Waals surface area contributed by atoms with Crippen LogP contribution in [0.4, 0.5) is 0 Å². The molecule has 0 unspecified atom stereocenters. The van der Waals surface area contributed by atoms with Crippen LogP contribution in [-0.2, 0) is 0 Å². The molecule has 0 bridgehead atoms. The number of fused-ring (bicyclic) bond motifs is 1. The molecule has 21 heavy (non-hydrogen) atoms. The number of pyridine rings is 1. The standard InChI is InChI=1S/C17H15N3S/c1-10-2-3-12-8-13(6-7-14(12)18-10)15-9-16(21)20-17(19-15)11-4-5-11/h2-3,6-9,11H,4-5H2,1H3,(H,19,20,21). The molecule has 1 saturated carbocycles. The van der Waals surface area contributed by atoms with Crippen LogP contribution in [0, 0.1) is 11.6 Å². The highest BCUT2D eigenvalue weighted by atomic mass is 32.1. The molecule has 1 N–H and O–H groups in total. The van der Waals surface area contributed by atoms with Gasteiger partial charge in [-0.1, -0.05) is 24.4 Å². The first-order chi connectivity index (χ1) is 10.2. The Morgan fingerprint density at radius 1 is 1.10 bits per heavy atom. The van der Waals surface area contributed by atoms with Crippen molar-refractivity contribution < 1.29 is 0 Å². The van der Waals surface area contributed by atoms with E-state index in [4.69, 9.17) is 12.2 Å². The number of aromatic nitrogens is 3. The molecule has 104 valence electrons. The summed E-state index contributed by atoms with van der Waals surface area (Å²) in [6.45, 7) is 2.01. The van der Waals surface area contributed by atoms with Gasteiger partial charge < -0.3 is 4.98 Å². The molecule has 0 radical (unpaired) electrons. The minimum absolute atomic E-state index is 0.566. The Morgan fingerprint density at radius 2 is 1.95 bits per heavy atom. The smallest absolute Gasteiger partial charge is 0.130 e. The van der Waals surface area contributed by atoms with E-state index in [0.29, 0.717) is 10.6 Å². The number of H-pyrrole nitrogens is 1. The van der Waals surface area contributed by atoms with Gasteiger partial charge in [-0.3, -0.25) is 4.98 Å². The molecule has 0 saturated heterocycles. The van der Waals surface area contributed by atoms with Crippen molar-refractivity contribution >= 4 is 23.1 Å². The van der Waals surface area contributed by atoms with Crippen LogP contribution in [-0.4, -0.2) is 15.0 Å². The Labute approximate surface area is 128 Å². The van der Waals surface area contributed by atoms with E-state index in [2.05, 4.69) is 39.2 Å². The number of aryl methyl sites for hydroxylation is 1. The van der Waals surface area contributed by atoms with Crippen LogP contribution >= 0.6 is 12.2 Å². The quantitative estimate of drug-likeness (QED) is 0.705. The van der Waals surface area contributed by atoms with Gasteiger partial charge in [-0.05, 0) is 49.6 Å². The number of hydrogen-bond acceptors (Lipinski definition) is 3. The zero-order chi connectivity index (χ0) is 14.4. The fourth-order valence-electron chi connectivity index (χ4n) is 2.58. The normalized spacial score (nSPS) is 14.5. The fourth-order valence-corrected chi connectivity index (χ4v) is 2.79.